The van der Waals surface area contributed by atoms with E-state index in [1.807, 2.05) is 0 Å². The second-order valence-electron chi connectivity index (χ2n) is 6.48. The molecule has 0 heterocycles. The summed E-state index contributed by atoms with van der Waals surface area (Å²) in [5, 5.41) is 0. The van der Waals surface area contributed by atoms with Crippen LogP contribution >= 0.6 is 0 Å². The van der Waals surface area contributed by atoms with Gasteiger partial charge in [-0.3, -0.25) is 0 Å². The van der Waals surface area contributed by atoms with Crippen molar-refractivity contribution in [1.29, 1.82) is 0 Å². The van der Waals surface area contributed by atoms with Gasteiger partial charge in [0.05, 0.1) is 13.2 Å². The van der Waals surface area contributed by atoms with E-state index in [2.05, 4.69) is 20.1 Å². The fourth-order valence-electron chi connectivity index (χ4n) is 3.47. The molecular formula is C19H30O4. The van der Waals surface area contributed by atoms with Crippen molar-refractivity contribution in [2.45, 2.75) is 58.3 Å². The molecule has 0 aromatic carbocycles. The summed E-state index contributed by atoms with van der Waals surface area (Å²) >= 11 is 0. The molecule has 0 unspecified atom stereocenters. The van der Waals surface area contributed by atoms with E-state index in [9.17, 15) is 9.59 Å². The molecule has 0 bridgehead atoms. The van der Waals surface area contributed by atoms with Gasteiger partial charge in [0.1, 0.15) is 0 Å². The highest BCUT2D eigenvalue weighted by Gasteiger charge is 2.35. The summed E-state index contributed by atoms with van der Waals surface area (Å²) in [6, 6.07) is 0. The predicted molar refractivity (Wildman–Crippen MR) is 90.8 cm³/mol. The van der Waals surface area contributed by atoms with E-state index in [4.69, 9.17) is 9.47 Å². The van der Waals surface area contributed by atoms with E-state index in [1.165, 1.54) is 37.8 Å². The molecule has 1 aliphatic rings. The van der Waals surface area contributed by atoms with E-state index in [-0.39, 0.29) is 17.4 Å². The van der Waals surface area contributed by atoms with Crippen molar-refractivity contribution in [1.82, 2.24) is 0 Å². The standard InChI is InChI=1S/C19H30O4/c1-4-7-16-8-10-19(11-9-16,12-14-22-17(20)5-2)13-15-23-18(21)6-3/h5-6,16H,2-4,7-15H2,1H3. The topological polar surface area (TPSA) is 52.6 Å². The Morgan fingerprint density at radius 2 is 1.52 bits per heavy atom. The molecule has 1 fully saturated rings. The Kier molecular flexibility index (Phi) is 8.67. The molecule has 0 aromatic heterocycles. The van der Waals surface area contributed by atoms with Gasteiger partial charge in [-0.2, -0.15) is 0 Å². The molecule has 0 amide bonds. The lowest BCUT2D eigenvalue weighted by atomic mass is 9.66. The summed E-state index contributed by atoms with van der Waals surface area (Å²) in [7, 11) is 0. The molecule has 4 heteroatoms. The first-order chi connectivity index (χ1) is 11.0. The second kappa shape index (κ2) is 10.2. The Balaban J connectivity index is 2.53. The van der Waals surface area contributed by atoms with Crippen LogP contribution in [0.2, 0.25) is 0 Å². The minimum absolute atomic E-state index is 0.104. The van der Waals surface area contributed by atoms with Crippen molar-refractivity contribution < 1.29 is 19.1 Å². The molecule has 0 saturated heterocycles. The van der Waals surface area contributed by atoms with Crippen LogP contribution in [0.15, 0.2) is 25.3 Å². The van der Waals surface area contributed by atoms with E-state index in [1.54, 1.807) is 0 Å². The molecular weight excluding hydrogens is 292 g/mol. The van der Waals surface area contributed by atoms with Gasteiger partial charge in [0, 0.05) is 12.2 Å². The van der Waals surface area contributed by atoms with Crippen LogP contribution in [0.1, 0.15) is 58.3 Å². The quantitative estimate of drug-likeness (QED) is 0.447. The lowest BCUT2D eigenvalue weighted by Crippen LogP contribution is -2.31. The molecule has 1 saturated carbocycles. The van der Waals surface area contributed by atoms with Crippen LogP contribution in [0, 0.1) is 11.3 Å². The maximum atomic E-state index is 11.2. The Morgan fingerprint density at radius 3 is 1.91 bits per heavy atom. The number of hydrogen-bond acceptors (Lipinski definition) is 4. The SMILES string of the molecule is C=CC(=O)OCCC1(CCOC(=O)C=C)CCC(CCC)CC1. The van der Waals surface area contributed by atoms with E-state index >= 15 is 0 Å². The van der Waals surface area contributed by atoms with Gasteiger partial charge in [0.25, 0.3) is 0 Å². The lowest BCUT2D eigenvalue weighted by Gasteiger charge is -2.40. The highest BCUT2D eigenvalue weighted by Crippen LogP contribution is 2.45. The van der Waals surface area contributed by atoms with Crippen molar-refractivity contribution in [2.75, 3.05) is 13.2 Å². The van der Waals surface area contributed by atoms with Gasteiger partial charge in [-0.1, -0.05) is 32.9 Å². The average Bonchev–Trinajstić information content (AvgIpc) is 2.57. The third-order valence-corrected chi connectivity index (χ3v) is 4.95. The van der Waals surface area contributed by atoms with Crippen LogP contribution in [0.5, 0.6) is 0 Å². The molecule has 4 nitrogen and oxygen atoms in total. The highest BCUT2D eigenvalue weighted by molar-refractivity contribution is 5.81. The maximum absolute atomic E-state index is 11.2. The molecule has 0 N–H and O–H groups in total. The first kappa shape index (κ1) is 19.5. The number of carbonyl (C=O) groups excluding carboxylic acids is 2. The fraction of sp³-hybridized carbons (Fsp3) is 0.684. The zero-order chi connectivity index (χ0) is 17.1. The van der Waals surface area contributed by atoms with Crippen molar-refractivity contribution in [3.63, 3.8) is 0 Å². The predicted octanol–water partition coefficient (Wildman–Crippen LogP) is 4.20. The maximum Gasteiger partial charge on any atom is 0.330 e. The summed E-state index contributed by atoms with van der Waals surface area (Å²) in [5.41, 5.74) is 0.104. The van der Waals surface area contributed by atoms with Gasteiger partial charge in [0.2, 0.25) is 0 Å². The van der Waals surface area contributed by atoms with Gasteiger partial charge in [0.15, 0.2) is 0 Å². The van der Waals surface area contributed by atoms with Crippen molar-refractivity contribution in [3.05, 3.63) is 25.3 Å². The fourth-order valence-corrected chi connectivity index (χ4v) is 3.47. The van der Waals surface area contributed by atoms with Crippen LogP contribution in [0.3, 0.4) is 0 Å². The van der Waals surface area contributed by atoms with E-state index < -0.39 is 0 Å². The summed E-state index contributed by atoms with van der Waals surface area (Å²) in [6.07, 6.45) is 11.2. The summed E-state index contributed by atoms with van der Waals surface area (Å²) < 4.78 is 10.3. The Hall–Kier alpha value is -1.58. The van der Waals surface area contributed by atoms with Crippen LogP contribution < -0.4 is 0 Å². The van der Waals surface area contributed by atoms with Gasteiger partial charge in [-0.05, 0) is 49.9 Å². The van der Waals surface area contributed by atoms with Gasteiger partial charge < -0.3 is 9.47 Å². The first-order valence-electron chi connectivity index (χ1n) is 8.63. The molecule has 1 aliphatic carbocycles. The summed E-state index contributed by atoms with van der Waals surface area (Å²) in [6.45, 7) is 9.85. The lowest BCUT2D eigenvalue weighted by molar-refractivity contribution is -0.139. The normalized spacial score (nSPS) is 17.3. The van der Waals surface area contributed by atoms with Gasteiger partial charge >= 0.3 is 11.9 Å². The largest absolute Gasteiger partial charge is 0.463 e. The minimum Gasteiger partial charge on any atom is -0.463 e. The van der Waals surface area contributed by atoms with Gasteiger partial charge in [-0.15, -0.1) is 0 Å². The summed E-state index contributed by atoms with van der Waals surface area (Å²) in [5.74, 6) is 0.0513. The van der Waals surface area contributed by atoms with E-state index in [0.717, 1.165) is 31.6 Å². The number of rotatable bonds is 10. The Morgan fingerprint density at radius 1 is 1.04 bits per heavy atom. The monoisotopic (exact) mass is 322 g/mol. The molecule has 0 spiro atoms. The molecule has 0 aromatic rings. The number of carbonyl (C=O) groups is 2. The van der Waals surface area contributed by atoms with Crippen LogP contribution in [-0.2, 0) is 19.1 Å². The highest BCUT2D eigenvalue weighted by atomic mass is 16.5. The summed E-state index contributed by atoms with van der Waals surface area (Å²) in [4.78, 5) is 22.4. The number of ether oxygens (including phenoxy) is 2. The minimum atomic E-state index is -0.377. The molecule has 0 radical (unpaired) electrons. The van der Waals surface area contributed by atoms with Crippen LogP contribution in [0.25, 0.3) is 0 Å². The zero-order valence-corrected chi connectivity index (χ0v) is 14.4. The number of esters is 2. The van der Waals surface area contributed by atoms with E-state index in [0.29, 0.717) is 13.2 Å². The van der Waals surface area contributed by atoms with Crippen LogP contribution in [-0.4, -0.2) is 25.2 Å². The van der Waals surface area contributed by atoms with Crippen LogP contribution in [0.4, 0.5) is 0 Å². The molecule has 0 atom stereocenters. The molecule has 0 aliphatic heterocycles. The Bertz CT molecular complexity index is 378. The smallest absolute Gasteiger partial charge is 0.330 e. The first-order valence-corrected chi connectivity index (χ1v) is 8.63. The average molecular weight is 322 g/mol. The molecule has 23 heavy (non-hydrogen) atoms. The van der Waals surface area contributed by atoms with Crippen molar-refractivity contribution >= 4 is 11.9 Å². The van der Waals surface area contributed by atoms with Gasteiger partial charge in [-0.25, -0.2) is 9.59 Å². The zero-order valence-electron chi connectivity index (χ0n) is 14.4. The Labute approximate surface area is 139 Å². The second-order valence-corrected chi connectivity index (χ2v) is 6.48. The van der Waals surface area contributed by atoms with Crippen molar-refractivity contribution in [3.8, 4) is 0 Å². The molecule has 1 rings (SSSR count). The molecule has 130 valence electrons. The third kappa shape index (κ3) is 7.02. The van der Waals surface area contributed by atoms with Crippen molar-refractivity contribution in [2.24, 2.45) is 11.3 Å². The third-order valence-electron chi connectivity index (χ3n) is 4.95. The number of hydrogen-bond donors (Lipinski definition) is 0.